The van der Waals surface area contributed by atoms with Crippen LogP contribution in [-0.4, -0.2) is 4.98 Å². The summed E-state index contributed by atoms with van der Waals surface area (Å²) in [6.45, 7) is 3.02. The minimum Gasteiger partial charge on any atom is -0.249 e. The molecule has 1 nitrogen and oxygen atoms in total. The second kappa shape index (κ2) is 2.89. The minimum absolute atomic E-state index is 0.598. The summed E-state index contributed by atoms with van der Waals surface area (Å²) in [5, 5.41) is 0. The van der Waals surface area contributed by atoms with Crippen molar-refractivity contribution >= 4 is 15.9 Å². The molecule has 1 aromatic rings. The highest BCUT2D eigenvalue weighted by Gasteiger charge is 2.18. The Hall–Kier alpha value is -0.440. The van der Waals surface area contributed by atoms with Gasteiger partial charge in [0.25, 0.3) is 0 Å². The summed E-state index contributed by atoms with van der Waals surface area (Å²) in [4.78, 5) is 3.92. The van der Waals surface area contributed by atoms with Crippen LogP contribution in [0.1, 0.15) is 19.4 Å². The molecule has 1 heterocycles. The highest BCUT2D eigenvalue weighted by molar-refractivity contribution is 9.10. The first-order valence-electron chi connectivity index (χ1n) is 3.31. The normalized spacial score (nSPS) is 11.6. The van der Waals surface area contributed by atoms with Gasteiger partial charge < -0.3 is 0 Å². The topological polar surface area (TPSA) is 12.9 Å². The summed E-state index contributed by atoms with van der Waals surface area (Å²) >= 11 is 3.18. The van der Waals surface area contributed by atoms with Crippen molar-refractivity contribution in [3.8, 4) is 0 Å². The van der Waals surface area contributed by atoms with Gasteiger partial charge in [0.2, 0.25) is 0 Å². The van der Waals surface area contributed by atoms with Crippen LogP contribution in [-0.2, 0) is 5.67 Å². The molecule has 0 spiro atoms. The van der Waals surface area contributed by atoms with E-state index in [4.69, 9.17) is 0 Å². The number of halogens is 2. The molecule has 0 aromatic carbocycles. The van der Waals surface area contributed by atoms with E-state index in [1.807, 2.05) is 0 Å². The average Bonchev–Trinajstić information content (AvgIpc) is 1.86. The lowest BCUT2D eigenvalue weighted by atomic mass is 10.0. The van der Waals surface area contributed by atoms with E-state index in [0.29, 0.717) is 5.56 Å². The largest absolute Gasteiger partial charge is 0.249 e. The van der Waals surface area contributed by atoms with E-state index in [1.54, 1.807) is 12.1 Å². The molecular weight excluding hydrogens is 209 g/mol. The summed E-state index contributed by atoms with van der Waals surface area (Å²) in [6, 6.07) is 3.45. The summed E-state index contributed by atoms with van der Waals surface area (Å²) in [5.74, 6) is 0. The number of aromatic nitrogens is 1. The average molecular weight is 218 g/mol. The van der Waals surface area contributed by atoms with Gasteiger partial charge in [0.15, 0.2) is 0 Å². The number of alkyl halides is 1. The molecule has 0 bridgehead atoms. The van der Waals surface area contributed by atoms with Crippen LogP contribution in [0.2, 0.25) is 0 Å². The van der Waals surface area contributed by atoms with Crippen LogP contribution in [0.25, 0.3) is 0 Å². The molecule has 3 heteroatoms. The highest BCUT2D eigenvalue weighted by Crippen LogP contribution is 2.23. The fraction of sp³-hybridized carbons (Fsp3) is 0.375. The standard InChI is InChI=1S/C8H9BrFN/c1-8(2,10)6-3-4-7(9)11-5-6/h3-5H,1-2H3. The van der Waals surface area contributed by atoms with Crippen molar-refractivity contribution < 1.29 is 4.39 Å². The minimum atomic E-state index is -1.30. The Bertz CT molecular complexity index is 237. The molecule has 0 N–H and O–H groups in total. The second-order valence-corrected chi connectivity index (χ2v) is 3.65. The summed E-state index contributed by atoms with van der Waals surface area (Å²) in [5.41, 5.74) is -0.700. The summed E-state index contributed by atoms with van der Waals surface area (Å²) < 4.78 is 13.9. The molecule has 60 valence electrons. The fourth-order valence-corrected chi connectivity index (χ4v) is 0.962. The molecule has 11 heavy (non-hydrogen) atoms. The van der Waals surface area contributed by atoms with E-state index in [0.717, 1.165) is 4.60 Å². The smallest absolute Gasteiger partial charge is 0.131 e. The first kappa shape index (κ1) is 8.65. The Morgan fingerprint density at radius 1 is 1.45 bits per heavy atom. The molecule has 0 aliphatic carbocycles. The van der Waals surface area contributed by atoms with Gasteiger partial charge in [-0.25, -0.2) is 9.37 Å². The van der Waals surface area contributed by atoms with Crippen molar-refractivity contribution in [1.82, 2.24) is 4.98 Å². The van der Waals surface area contributed by atoms with Crippen LogP contribution in [0.4, 0.5) is 4.39 Å². The third kappa shape index (κ3) is 2.26. The van der Waals surface area contributed by atoms with Gasteiger partial charge in [0.05, 0.1) is 0 Å². The molecule has 0 aliphatic heterocycles. The van der Waals surface area contributed by atoms with Crippen molar-refractivity contribution in [2.75, 3.05) is 0 Å². The molecule has 0 saturated carbocycles. The predicted molar refractivity (Wildman–Crippen MR) is 46.1 cm³/mol. The van der Waals surface area contributed by atoms with Gasteiger partial charge in [-0.05, 0) is 35.8 Å². The van der Waals surface area contributed by atoms with E-state index in [-0.39, 0.29) is 0 Å². The molecule has 0 amide bonds. The van der Waals surface area contributed by atoms with Gasteiger partial charge in [-0.2, -0.15) is 0 Å². The maximum Gasteiger partial charge on any atom is 0.131 e. The van der Waals surface area contributed by atoms with E-state index in [9.17, 15) is 4.39 Å². The Morgan fingerprint density at radius 3 is 2.45 bits per heavy atom. The van der Waals surface area contributed by atoms with E-state index in [1.165, 1.54) is 20.0 Å². The maximum atomic E-state index is 13.2. The number of hydrogen-bond donors (Lipinski definition) is 0. The monoisotopic (exact) mass is 217 g/mol. The first-order valence-corrected chi connectivity index (χ1v) is 4.10. The van der Waals surface area contributed by atoms with Crippen LogP contribution in [0.3, 0.4) is 0 Å². The lowest BCUT2D eigenvalue weighted by Gasteiger charge is -2.13. The van der Waals surface area contributed by atoms with E-state index in [2.05, 4.69) is 20.9 Å². The zero-order chi connectivity index (χ0) is 8.48. The highest BCUT2D eigenvalue weighted by atomic mass is 79.9. The molecule has 0 atom stereocenters. The van der Waals surface area contributed by atoms with E-state index >= 15 is 0 Å². The third-order valence-electron chi connectivity index (χ3n) is 1.41. The fourth-order valence-electron chi connectivity index (χ4n) is 0.727. The second-order valence-electron chi connectivity index (χ2n) is 2.84. The van der Waals surface area contributed by atoms with Gasteiger partial charge in [0.1, 0.15) is 10.3 Å². The van der Waals surface area contributed by atoms with Gasteiger partial charge in [0, 0.05) is 11.8 Å². The molecule has 0 unspecified atom stereocenters. The van der Waals surface area contributed by atoms with Crippen LogP contribution in [0.15, 0.2) is 22.9 Å². The van der Waals surface area contributed by atoms with Crippen LogP contribution in [0, 0.1) is 0 Å². The molecule has 0 radical (unpaired) electrons. The van der Waals surface area contributed by atoms with Gasteiger partial charge in [-0.15, -0.1) is 0 Å². The van der Waals surface area contributed by atoms with E-state index < -0.39 is 5.67 Å². The molecule has 0 aliphatic rings. The summed E-state index contributed by atoms with van der Waals surface area (Å²) in [6.07, 6.45) is 1.53. The molecule has 1 rings (SSSR count). The third-order valence-corrected chi connectivity index (χ3v) is 1.88. The molecule has 1 aromatic heterocycles. The number of hydrogen-bond acceptors (Lipinski definition) is 1. The zero-order valence-electron chi connectivity index (χ0n) is 6.44. The van der Waals surface area contributed by atoms with Crippen LogP contribution < -0.4 is 0 Å². The molecule has 0 fully saturated rings. The Balaban J connectivity index is 2.99. The van der Waals surface area contributed by atoms with Gasteiger partial charge in [-0.3, -0.25) is 0 Å². The number of nitrogens with zero attached hydrogens (tertiary/aromatic N) is 1. The van der Waals surface area contributed by atoms with Crippen molar-refractivity contribution in [1.29, 1.82) is 0 Å². The molecule has 0 saturated heterocycles. The summed E-state index contributed by atoms with van der Waals surface area (Å²) in [7, 11) is 0. The van der Waals surface area contributed by atoms with Crippen molar-refractivity contribution in [3.05, 3.63) is 28.5 Å². The quantitative estimate of drug-likeness (QED) is 0.660. The Morgan fingerprint density at radius 2 is 2.09 bits per heavy atom. The Kier molecular flexibility index (Phi) is 2.28. The molecular formula is C8H9BrFN. The first-order chi connectivity index (χ1) is 5.00. The zero-order valence-corrected chi connectivity index (χ0v) is 8.02. The van der Waals surface area contributed by atoms with Crippen molar-refractivity contribution in [3.63, 3.8) is 0 Å². The number of pyridine rings is 1. The van der Waals surface area contributed by atoms with Gasteiger partial charge in [-0.1, -0.05) is 6.07 Å². The predicted octanol–water partition coefficient (Wildman–Crippen LogP) is 3.05. The van der Waals surface area contributed by atoms with Gasteiger partial charge >= 0.3 is 0 Å². The number of rotatable bonds is 1. The SMILES string of the molecule is CC(C)(F)c1ccc(Br)nc1. The van der Waals surface area contributed by atoms with Crippen molar-refractivity contribution in [2.45, 2.75) is 19.5 Å². The van der Waals surface area contributed by atoms with Crippen LogP contribution in [0.5, 0.6) is 0 Å². The lowest BCUT2D eigenvalue weighted by molar-refractivity contribution is 0.221. The van der Waals surface area contributed by atoms with Crippen LogP contribution >= 0.6 is 15.9 Å². The lowest BCUT2D eigenvalue weighted by Crippen LogP contribution is -2.08. The maximum absolute atomic E-state index is 13.2. The van der Waals surface area contributed by atoms with Crippen molar-refractivity contribution in [2.24, 2.45) is 0 Å². The Labute approximate surface area is 73.8 Å².